The number of sulfonamides is 1. The van der Waals surface area contributed by atoms with E-state index in [9.17, 15) is 8.42 Å². The van der Waals surface area contributed by atoms with Gasteiger partial charge < -0.3 is 14.0 Å². The first-order valence-electron chi connectivity index (χ1n) is 9.50. The lowest BCUT2D eigenvalue weighted by Gasteiger charge is -2.20. The zero-order valence-corrected chi connectivity index (χ0v) is 18.6. The molecule has 0 aliphatic carbocycles. The predicted octanol–water partition coefficient (Wildman–Crippen LogP) is 3.94. The molecule has 1 aromatic heterocycles. The number of hydrogen-bond donors (Lipinski definition) is 1. The van der Waals surface area contributed by atoms with Crippen molar-refractivity contribution >= 4 is 21.6 Å². The third kappa shape index (κ3) is 4.95. The maximum Gasteiger partial charge on any atom is 0.241 e. The SMILES string of the molecule is CCOc1ccc(S(=O)(=O)NC(c2ccc(Cl)cc2)c2nccn2C)cc1OCC. The molecule has 1 unspecified atom stereocenters. The molecule has 1 heterocycles. The smallest absolute Gasteiger partial charge is 0.241 e. The first-order chi connectivity index (χ1) is 14.4. The summed E-state index contributed by atoms with van der Waals surface area (Å²) < 4.78 is 42.1. The molecule has 0 saturated heterocycles. The molecular weight excluding hydrogens is 426 g/mol. The molecule has 0 spiro atoms. The zero-order valence-electron chi connectivity index (χ0n) is 17.0. The topological polar surface area (TPSA) is 82.5 Å². The lowest BCUT2D eigenvalue weighted by Crippen LogP contribution is -2.31. The molecule has 1 N–H and O–H groups in total. The van der Waals surface area contributed by atoms with Gasteiger partial charge in [-0.2, -0.15) is 4.72 Å². The van der Waals surface area contributed by atoms with Gasteiger partial charge in [0.1, 0.15) is 11.9 Å². The van der Waals surface area contributed by atoms with E-state index < -0.39 is 16.1 Å². The summed E-state index contributed by atoms with van der Waals surface area (Å²) >= 11 is 6.00. The van der Waals surface area contributed by atoms with E-state index in [2.05, 4.69) is 9.71 Å². The van der Waals surface area contributed by atoms with Crippen molar-refractivity contribution in [3.8, 4) is 11.5 Å². The predicted molar refractivity (Wildman–Crippen MR) is 116 cm³/mol. The Bertz CT molecular complexity index is 1100. The quantitative estimate of drug-likeness (QED) is 0.535. The van der Waals surface area contributed by atoms with Crippen LogP contribution in [-0.4, -0.2) is 31.2 Å². The summed E-state index contributed by atoms with van der Waals surface area (Å²) in [6.07, 6.45) is 3.38. The molecule has 0 fully saturated rings. The minimum atomic E-state index is -3.90. The molecule has 160 valence electrons. The van der Waals surface area contributed by atoms with E-state index in [0.717, 1.165) is 0 Å². The first kappa shape index (κ1) is 22.1. The van der Waals surface area contributed by atoms with Crippen molar-refractivity contribution in [2.24, 2.45) is 7.05 Å². The van der Waals surface area contributed by atoms with Crippen LogP contribution in [0.3, 0.4) is 0 Å². The molecule has 3 rings (SSSR count). The number of aromatic nitrogens is 2. The van der Waals surface area contributed by atoms with Gasteiger partial charge in [-0.3, -0.25) is 0 Å². The van der Waals surface area contributed by atoms with Crippen LogP contribution in [-0.2, 0) is 17.1 Å². The average molecular weight is 450 g/mol. The molecule has 3 aromatic rings. The van der Waals surface area contributed by atoms with E-state index >= 15 is 0 Å². The monoisotopic (exact) mass is 449 g/mol. The van der Waals surface area contributed by atoms with Crippen molar-refractivity contribution in [1.82, 2.24) is 14.3 Å². The third-order valence-corrected chi connectivity index (χ3v) is 6.09. The number of aryl methyl sites for hydroxylation is 1. The summed E-state index contributed by atoms with van der Waals surface area (Å²) in [5, 5.41) is 0.563. The Balaban J connectivity index is 2.00. The highest BCUT2D eigenvalue weighted by Gasteiger charge is 2.26. The summed E-state index contributed by atoms with van der Waals surface area (Å²) in [5.74, 6) is 1.43. The zero-order chi connectivity index (χ0) is 21.7. The molecule has 7 nitrogen and oxygen atoms in total. The van der Waals surface area contributed by atoms with Gasteiger partial charge in [-0.05, 0) is 43.7 Å². The molecule has 0 aliphatic heterocycles. The summed E-state index contributed by atoms with van der Waals surface area (Å²) in [5.41, 5.74) is 0.716. The number of nitrogens with one attached hydrogen (secondary N) is 1. The molecule has 0 bridgehead atoms. The number of imidazole rings is 1. The standard InChI is InChI=1S/C21H24ClN3O4S/c1-4-28-18-11-10-17(14-19(18)29-5-2)30(26,27)24-20(21-23-12-13-25(21)3)15-6-8-16(22)9-7-15/h6-14,20,24H,4-5H2,1-3H3. The van der Waals surface area contributed by atoms with Crippen molar-refractivity contribution in [3.63, 3.8) is 0 Å². The highest BCUT2D eigenvalue weighted by Crippen LogP contribution is 2.31. The molecule has 0 aliphatic rings. The van der Waals surface area contributed by atoms with Gasteiger partial charge in [0.2, 0.25) is 10.0 Å². The van der Waals surface area contributed by atoms with E-state index in [1.54, 1.807) is 47.3 Å². The summed E-state index contributed by atoms with van der Waals surface area (Å²) in [4.78, 5) is 4.41. The second-order valence-corrected chi connectivity index (χ2v) is 8.63. The van der Waals surface area contributed by atoms with Crippen LogP contribution < -0.4 is 14.2 Å². The number of nitrogens with zero attached hydrogens (tertiary/aromatic N) is 2. The van der Waals surface area contributed by atoms with Gasteiger partial charge in [-0.25, -0.2) is 13.4 Å². The van der Waals surface area contributed by atoms with E-state index in [1.165, 1.54) is 12.1 Å². The molecular formula is C21H24ClN3O4S. The van der Waals surface area contributed by atoms with Crippen LogP contribution in [0.4, 0.5) is 0 Å². The Labute approximate surface area is 181 Å². The normalized spacial score (nSPS) is 12.5. The van der Waals surface area contributed by atoms with E-state index in [0.29, 0.717) is 41.1 Å². The van der Waals surface area contributed by atoms with Crippen LogP contribution in [0.15, 0.2) is 59.8 Å². The fourth-order valence-electron chi connectivity index (χ4n) is 3.00. The number of benzene rings is 2. The van der Waals surface area contributed by atoms with E-state index in [4.69, 9.17) is 21.1 Å². The van der Waals surface area contributed by atoms with Gasteiger partial charge in [0.05, 0.1) is 18.1 Å². The summed E-state index contributed by atoms with van der Waals surface area (Å²) in [6.45, 7) is 4.51. The minimum Gasteiger partial charge on any atom is -0.490 e. The fourth-order valence-corrected chi connectivity index (χ4v) is 4.33. The van der Waals surface area contributed by atoms with Gasteiger partial charge in [-0.1, -0.05) is 23.7 Å². The maximum atomic E-state index is 13.2. The third-order valence-electron chi connectivity index (χ3n) is 4.42. The summed E-state index contributed by atoms with van der Waals surface area (Å²) in [7, 11) is -2.10. The van der Waals surface area contributed by atoms with Crippen LogP contribution in [0.2, 0.25) is 5.02 Å². The highest BCUT2D eigenvalue weighted by molar-refractivity contribution is 7.89. The van der Waals surface area contributed by atoms with Crippen LogP contribution >= 0.6 is 11.6 Å². The lowest BCUT2D eigenvalue weighted by atomic mass is 10.1. The van der Waals surface area contributed by atoms with Gasteiger partial charge in [0.15, 0.2) is 11.5 Å². The molecule has 0 saturated carbocycles. The van der Waals surface area contributed by atoms with Crippen LogP contribution in [0, 0.1) is 0 Å². The number of halogens is 1. The largest absolute Gasteiger partial charge is 0.490 e. The van der Waals surface area contributed by atoms with Gasteiger partial charge in [-0.15, -0.1) is 0 Å². The molecule has 0 radical (unpaired) electrons. The molecule has 9 heteroatoms. The van der Waals surface area contributed by atoms with Crippen LogP contribution in [0.25, 0.3) is 0 Å². The minimum absolute atomic E-state index is 0.0718. The fraction of sp³-hybridized carbons (Fsp3) is 0.286. The van der Waals surface area contributed by atoms with E-state index in [-0.39, 0.29) is 4.90 Å². The average Bonchev–Trinajstić information content (AvgIpc) is 3.14. The van der Waals surface area contributed by atoms with Crippen LogP contribution in [0.1, 0.15) is 31.3 Å². The Morgan fingerprint density at radius 3 is 2.33 bits per heavy atom. The summed E-state index contributed by atoms with van der Waals surface area (Å²) in [6, 6.07) is 10.8. The molecule has 30 heavy (non-hydrogen) atoms. The second kappa shape index (κ2) is 9.51. The Morgan fingerprint density at radius 2 is 1.73 bits per heavy atom. The lowest BCUT2D eigenvalue weighted by molar-refractivity contribution is 0.287. The number of ether oxygens (including phenoxy) is 2. The van der Waals surface area contributed by atoms with Crippen molar-refractivity contribution in [3.05, 3.63) is 71.3 Å². The van der Waals surface area contributed by atoms with Crippen molar-refractivity contribution in [1.29, 1.82) is 0 Å². The van der Waals surface area contributed by atoms with Crippen LogP contribution in [0.5, 0.6) is 11.5 Å². The second-order valence-electron chi connectivity index (χ2n) is 6.48. The van der Waals surface area contributed by atoms with Crippen molar-refractivity contribution < 1.29 is 17.9 Å². The Morgan fingerprint density at radius 1 is 1.07 bits per heavy atom. The number of rotatable bonds is 9. The number of hydrogen-bond acceptors (Lipinski definition) is 5. The molecule has 2 aromatic carbocycles. The Hall–Kier alpha value is -2.55. The Kier molecular flexibility index (Phi) is 7.02. The first-order valence-corrected chi connectivity index (χ1v) is 11.4. The van der Waals surface area contributed by atoms with Crippen molar-refractivity contribution in [2.45, 2.75) is 24.8 Å². The van der Waals surface area contributed by atoms with Gasteiger partial charge >= 0.3 is 0 Å². The van der Waals surface area contributed by atoms with Gasteiger partial charge in [0.25, 0.3) is 0 Å². The van der Waals surface area contributed by atoms with E-state index in [1.807, 2.05) is 20.9 Å². The van der Waals surface area contributed by atoms with Crippen molar-refractivity contribution in [2.75, 3.05) is 13.2 Å². The molecule has 0 amide bonds. The van der Waals surface area contributed by atoms with Gasteiger partial charge in [0, 0.05) is 30.5 Å². The highest BCUT2D eigenvalue weighted by atomic mass is 35.5. The maximum absolute atomic E-state index is 13.2. The molecule has 1 atom stereocenters.